The molecule has 0 radical (unpaired) electrons. The van der Waals surface area contributed by atoms with Crippen LogP contribution in [0.15, 0.2) is 12.1 Å². The SMILES string of the molecule is CC(C)(N)c1c(O)ccc2c1CCC2. The lowest BCUT2D eigenvalue weighted by atomic mass is 9.88. The van der Waals surface area contributed by atoms with E-state index in [4.69, 9.17) is 5.73 Å². The van der Waals surface area contributed by atoms with Crippen LogP contribution in [0.3, 0.4) is 0 Å². The molecule has 76 valence electrons. The maximum Gasteiger partial charge on any atom is 0.120 e. The van der Waals surface area contributed by atoms with E-state index < -0.39 is 5.54 Å². The topological polar surface area (TPSA) is 46.2 Å². The molecular formula is C12H17NO. The van der Waals surface area contributed by atoms with Crippen LogP contribution >= 0.6 is 0 Å². The average molecular weight is 191 g/mol. The average Bonchev–Trinajstić information content (AvgIpc) is 2.48. The molecule has 0 fully saturated rings. The molecule has 0 atom stereocenters. The molecule has 2 rings (SSSR count). The fourth-order valence-electron chi connectivity index (χ4n) is 2.37. The fourth-order valence-corrected chi connectivity index (χ4v) is 2.37. The van der Waals surface area contributed by atoms with Crippen molar-refractivity contribution in [2.24, 2.45) is 5.73 Å². The summed E-state index contributed by atoms with van der Waals surface area (Å²) in [5, 5.41) is 9.83. The van der Waals surface area contributed by atoms with Crippen molar-refractivity contribution in [1.82, 2.24) is 0 Å². The number of nitrogens with two attached hydrogens (primary N) is 1. The van der Waals surface area contributed by atoms with Gasteiger partial charge in [0.25, 0.3) is 0 Å². The summed E-state index contributed by atoms with van der Waals surface area (Å²) in [5.41, 5.74) is 9.20. The highest BCUT2D eigenvalue weighted by atomic mass is 16.3. The lowest BCUT2D eigenvalue weighted by Gasteiger charge is -2.24. The molecule has 0 heterocycles. The van der Waals surface area contributed by atoms with E-state index in [2.05, 4.69) is 0 Å². The van der Waals surface area contributed by atoms with E-state index in [1.54, 1.807) is 6.07 Å². The molecule has 0 aromatic heterocycles. The Hall–Kier alpha value is -1.02. The standard InChI is InChI=1S/C12H17NO/c1-12(2,13)11-9-5-3-4-8(9)6-7-10(11)14/h6-7,14H,3-5,13H2,1-2H3. The van der Waals surface area contributed by atoms with Crippen molar-refractivity contribution in [3.63, 3.8) is 0 Å². The Morgan fingerprint density at radius 2 is 2.00 bits per heavy atom. The van der Waals surface area contributed by atoms with E-state index >= 15 is 0 Å². The molecule has 0 spiro atoms. The van der Waals surface area contributed by atoms with Gasteiger partial charge in [-0.1, -0.05) is 6.07 Å². The predicted octanol–water partition coefficient (Wildman–Crippen LogP) is 2.07. The van der Waals surface area contributed by atoms with Gasteiger partial charge in [0, 0.05) is 11.1 Å². The number of fused-ring (bicyclic) bond motifs is 1. The summed E-state index contributed by atoms with van der Waals surface area (Å²) in [4.78, 5) is 0. The van der Waals surface area contributed by atoms with Gasteiger partial charge in [-0.25, -0.2) is 0 Å². The van der Waals surface area contributed by atoms with Crippen LogP contribution in [0.2, 0.25) is 0 Å². The quantitative estimate of drug-likeness (QED) is 0.714. The molecule has 1 aromatic rings. The molecule has 2 nitrogen and oxygen atoms in total. The Bertz CT molecular complexity index is 363. The van der Waals surface area contributed by atoms with Gasteiger partial charge in [-0.05, 0) is 50.3 Å². The molecule has 0 aliphatic heterocycles. The van der Waals surface area contributed by atoms with Crippen molar-refractivity contribution >= 4 is 0 Å². The highest BCUT2D eigenvalue weighted by Crippen LogP contribution is 2.36. The third-order valence-corrected chi connectivity index (χ3v) is 2.91. The second-order valence-electron chi connectivity index (χ2n) is 4.67. The number of phenolic OH excluding ortho intramolecular Hbond substituents is 1. The summed E-state index contributed by atoms with van der Waals surface area (Å²) in [6, 6.07) is 3.79. The first-order valence-corrected chi connectivity index (χ1v) is 5.13. The molecular weight excluding hydrogens is 174 g/mol. The monoisotopic (exact) mass is 191 g/mol. The van der Waals surface area contributed by atoms with E-state index in [9.17, 15) is 5.11 Å². The molecule has 2 heteroatoms. The second-order valence-corrected chi connectivity index (χ2v) is 4.67. The Morgan fingerprint density at radius 3 is 2.64 bits per heavy atom. The lowest BCUT2D eigenvalue weighted by Crippen LogP contribution is -2.30. The predicted molar refractivity (Wildman–Crippen MR) is 57.3 cm³/mol. The van der Waals surface area contributed by atoms with Crippen LogP contribution in [0, 0.1) is 0 Å². The first-order chi connectivity index (χ1) is 6.50. The van der Waals surface area contributed by atoms with Gasteiger partial charge in [0.05, 0.1) is 0 Å². The minimum absolute atomic E-state index is 0.346. The Balaban J connectivity index is 2.63. The van der Waals surface area contributed by atoms with Gasteiger partial charge in [0.1, 0.15) is 5.75 Å². The van der Waals surface area contributed by atoms with Gasteiger partial charge in [-0.15, -0.1) is 0 Å². The molecule has 1 aromatic carbocycles. The largest absolute Gasteiger partial charge is 0.508 e. The van der Waals surface area contributed by atoms with Crippen molar-refractivity contribution in [3.05, 3.63) is 28.8 Å². The summed E-state index contributed by atoms with van der Waals surface area (Å²) in [6.07, 6.45) is 3.36. The summed E-state index contributed by atoms with van der Waals surface area (Å²) < 4.78 is 0. The van der Waals surface area contributed by atoms with Crippen LogP contribution in [0.4, 0.5) is 0 Å². The minimum Gasteiger partial charge on any atom is -0.508 e. The smallest absolute Gasteiger partial charge is 0.120 e. The first-order valence-electron chi connectivity index (χ1n) is 5.13. The zero-order valence-electron chi connectivity index (χ0n) is 8.80. The zero-order valence-corrected chi connectivity index (χ0v) is 8.80. The third kappa shape index (κ3) is 1.40. The second kappa shape index (κ2) is 2.99. The number of aromatic hydroxyl groups is 1. The van der Waals surface area contributed by atoms with Crippen molar-refractivity contribution in [1.29, 1.82) is 0 Å². The van der Waals surface area contributed by atoms with E-state index in [1.807, 2.05) is 19.9 Å². The summed E-state index contributed by atoms with van der Waals surface area (Å²) in [5.74, 6) is 0.346. The number of phenols is 1. The fraction of sp³-hybridized carbons (Fsp3) is 0.500. The molecule has 0 unspecified atom stereocenters. The molecule has 0 bridgehead atoms. The van der Waals surface area contributed by atoms with E-state index in [-0.39, 0.29) is 0 Å². The van der Waals surface area contributed by atoms with Gasteiger partial charge < -0.3 is 10.8 Å². The van der Waals surface area contributed by atoms with E-state index in [0.717, 1.165) is 18.4 Å². The summed E-state index contributed by atoms with van der Waals surface area (Å²) >= 11 is 0. The molecule has 14 heavy (non-hydrogen) atoms. The summed E-state index contributed by atoms with van der Waals surface area (Å²) in [7, 11) is 0. The molecule has 0 saturated carbocycles. The highest BCUT2D eigenvalue weighted by Gasteiger charge is 2.26. The van der Waals surface area contributed by atoms with Crippen molar-refractivity contribution in [3.8, 4) is 5.75 Å². The minimum atomic E-state index is -0.445. The Morgan fingerprint density at radius 1 is 1.29 bits per heavy atom. The van der Waals surface area contributed by atoms with Gasteiger partial charge in [-0.2, -0.15) is 0 Å². The number of benzene rings is 1. The van der Waals surface area contributed by atoms with Crippen LogP contribution in [-0.4, -0.2) is 5.11 Å². The van der Waals surface area contributed by atoms with Crippen LogP contribution in [0.5, 0.6) is 5.75 Å². The van der Waals surface area contributed by atoms with Gasteiger partial charge in [0.2, 0.25) is 0 Å². The van der Waals surface area contributed by atoms with Crippen LogP contribution in [0.1, 0.15) is 37.0 Å². The third-order valence-electron chi connectivity index (χ3n) is 2.91. The van der Waals surface area contributed by atoms with Crippen LogP contribution in [-0.2, 0) is 18.4 Å². The Kier molecular flexibility index (Phi) is 2.04. The van der Waals surface area contributed by atoms with Crippen molar-refractivity contribution in [2.45, 2.75) is 38.6 Å². The lowest BCUT2D eigenvalue weighted by molar-refractivity contribution is 0.438. The van der Waals surface area contributed by atoms with Gasteiger partial charge >= 0.3 is 0 Å². The summed E-state index contributed by atoms with van der Waals surface area (Å²) in [6.45, 7) is 3.89. The first kappa shape index (κ1) is 9.53. The zero-order chi connectivity index (χ0) is 10.3. The molecule has 0 saturated heterocycles. The van der Waals surface area contributed by atoms with Crippen LogP contribution < -0.4 is 5.73 Å². The number of hydrogen-bond acceptors (Lipinski definition) is 2. The van der Waals surface area contributed by atoms with E-state index in [1.165, 1.54) is 17.5 Å². The van der Waals surface area contributed by atoms with Gasteiger partial charge in [0.15, 0.2) is 0 Å². The van der Waals surface area contributed by atoms with Crippen molar-refractivity contribution < 1.29 is 5.11 Å². The number of hydrogen-bond donors (Lipinski definition) is 2. The van der Waals surface area contributed by atoms with Crippen LogP contribution in [0.25, 0.3) is 0 Å². The number of rotatable bonds is 1. The maximum atomic E-state index is 9.83. The molecule has 1 aliphatic rings. The van der Waals surface area contributed by atoms with Gasteiger partial charge in [-0.3, -0.25) is 0 Å². The normalized spacial score (nSPS) is 15.6. The maximum absolute atomic E-state index is 9.83. The highest BCUT2D eigenvalue weighted by molar-refractivity contribution is 5.49. The Labute approximate surface area is 84.7 Å². The van der Waals surface area contributed by atoms with Crippen molar-refractivity contribution in [2.75, 3.05) is 0 Å². The van der Waals surface area contributed by atoms with E-state index in [0.29, 0.717) is 5.75 Å². The molecule has 3 N–H and O–H groups in total. The number of aryl methyl sites for hydroxylation is 1. The molecule has 0 amide bonds. The molecule has 1 aliphatic carbocycles.